The number of ether oxygens (including phenoxy) is 1. The number of nitrogens with zero attached hydrogens (tertiary/aromatic N) is 1. The van der Waals surface area contributed by atoms with Crippen LogP contribution in [-0.4, -0.2) is 25.1 Å². The number of aryl methyl sites for hydroxylation is 1. The smallest absolute Gasteiger partial charge is 0.261 e. The highest BCUT2D eigenvalue weighted by Crippen LogP contribution is 2.22. The fourth-order valence-electron chi connectivity index (χ4n) is 3.41. The number of benzene rings is 2. The van der Waals surface area contributed by atoms with E-state index >= 15 is 0 Å². The van der Waals surface area contributed by atoms with Crippen LogP contribution >= 0.6 is 0 Å². The van der Waals surface area contributed by atoms with Crippen LogP contribution in [0.1, 0.15) is 42.9 Å². The average molecular weight is 367 g/mol. The van der Waals surface area contributed by atoms with Crippen molar-refractivity contribution in [3.63, 3.8) is 0 Å². The average Bonchev–Trinajstić information content (AvgIpc) is 2.70. The van der Waals surface area contributed by atoms with Gasteiger partial charge in [0, 0.05) is 25.3 Å². The Bertz CT molecular complexity index is 764. The predicted octanol–water partition coefficient (Wildman–Crippen LogP) is 4.38. The summed E-state index contributed by atoms with van der Waals surface area (Å²) in [6, 6.07) is 14.4. The maximum absolute atomic E-state index is 12.4. The summed E-state index contributed by atoms with van der Waals surface area (Å²) in [6.07, 6.45) is 3.35. The first kappa shape index (κ1) is 19.3. The largest absolute Gasteiger partial charge is 0.481 e. The third-order valence-corrected chi connectivity index (χ3v) is 5.35. The van der Waals surface area contributed by atoms with Crippen LogP contribution in [0.15, 0.2) is 42.5 Å². The summed E-state index contributed by atoms with van der Waals surface area (Å²) in [6.45, 7) is 8.64. The normalized spacial score (nSPS) is 15.3. The maximum Gasteiger partial charge on any atom is 0.261 e. The Hall–Kier alpha value is -2.49. The number of amides is 1. The number of carbonyl (C=O) groups is 1. The minimum atomic E-state index is -0.530. The summed E-state index contributed by atoms with van der Waals surface area (Å²) in [4.78, 5) is 14.8. The molecule has 144 valence electrons. The van der Waals surface area contributed by atoms with E-state index in [4.69, 9.17) is 4.74 Å². The Morgan fingerprint density at radius 2 is 1.78 bits per heavy atom. The maximum atomic E-state index is 12.4. The number of carbonyl (C=O) groups excluding carboxylic acids is 1. The van der Waals surface area contributed by atoms with Gasteiger partial charge in [-0.25, -0.2) is 0 Å². The molecule has 2 aromatic carbocycles. The third-order valence-electron chi connectivity index (χ3n) is 5.35. The molecule has 0 radical (unpaired) electrons. The molecule has 1 aliphatic heterocycles. The molecule has 0 bridgehead atoms. The van der Waals surface area contributed by atoms with E-state index in [-0.39, 0.29) is 5.91 Å². The predicted molar refractivity (Wildman–Crippen MR) is 110 cm³/mol. The molecule has 1 saturated heterocycles. The van der Waals surface area contributed by atoms with Crippen LogP contribution < -0.4 is 15.0 Å². The molecule has 0 unspecified atom stereocenters. The van der Waals surface area contributed by atoms with Crippen LogP contribution in [0.5, 0.6) is 5.75 Å². The molecule has 0 saturated carbocycles. The molecule has 27 heavy (non-hydrogen) atoms. The number of hydrogen-bond donors (Lipinski definition) is 1. The Morgan fingerprint density at radius 1 is 1.07 bits per heavy atom. The molecule has 1 amide bonds. The van der Waals surface area contributed by atoms with Gasteiger partial charge in [0.2, 0.25) is 0 Å². The van der Waals surface area contributed by atoms with Crippen LogP contribution in [0.3, 0.4) is 0 Å². The van der Waals surface area contributed by atoms with Crippen molar-refractivity contribution in [1.82, 2.24) is 5.32 Å². The molecule has 0 aliphatic carbocycles. The molecule has 0 spiro atoms. The molecule has 2 aromatic rings. The zero-order valence-corrected chi connectivity index (χ0v) is 16.6. The van der Waals surface area contributed by atoms with Crippen LogP contribution in [0.2, 0.25) is 0 Å². The Balaban J connectivity index is 1.51. The zero-order valence-electron chi connectivity index (χ0n) is 16.6. The lowest BCUT2D eigenvalue weighted by Gasteiger charge is -2.28. The topological polar surface area (TPSA) is 41.6 Å². The van der Waals surface area contributed by atoms with Crippen molar-refractivity contribution in [1.29, 1.82) is 0 Å². The van der Waals surface area contributed by atoms with Crippen molar-refractivity contribution in [2.75, 3.05) is 18.0 Å². The lowest BCUT2D eigenvalue weighted by Crippen LogP contribution is -2.36. The van der Waals surface area contributed by atoms with Crippen LogP contribution in [-0.2, 0) is 11.3 Å². The van der Waals surface area contributed by atoms with Crippen molar-refractivity contribution in [3.05, 3.63) is 59.2 Å². The van der Waals surface area contributed by atoms with Crippen molar-refractivity contribution in [2.45, 2.75) is 52.7 Å². The SMILES string of the molecule is Cc1cccc(O[C@@H](C)C(=O)NCc2ccc(N3CCCCC3)cc2)c1C. The highest BCUT2D eigenvalue weighted by molar-refractivity contribution is 5.80. The number of hydrogen-bond acceptors (Lipinski definition) is 3. The van der Waals surface area contributed by atoms with E-state index < -0.39 is 6.10 Å². The first-order valence-corrected chi connectivity index (χ1v) is 9.89. The van der Waals surface area contributed by atoms with E-state index in [0.29, 0.717) is 6.54 Å². The quantitative estimate of drug-likeness (QED) is 0.825. The summed E-state index contributed by atoms with van der Waals surface area (Å²) in [5.41, 5.74) is 4.61. The van der Waals surface area contributed by atoms with E-state index in [1.54, 1.807) is 6.92 Å². The van der Waals surface area contributed by atoms with E-state index in [1.165, 1.54) is 24.9 Å². The van der Waals surface area contributed by atoms with Crippen molar-refractivity contribution < 1.29 is 9.53 Å². The van der Waals surface area contributed by atoms with Crippen molar-refractivity contribution >= 4 is 11.6 Å². The van der Waals surface area contributed by atoms with Crippen LogP contribution in [0, 0.1) is 13.8 Å². The highest BCUT2D eigenvalue weighted by Gasteiger charge is 2.16. The minimum Gasteiger partial charge on any atom is -0.481 e. The fourth-order valence-corrected chi connectivity index (χ4v) is 3.41. The Labute approximate surface area is 162 Å². The standard InChI is InChI=1S/C23H30N2O2/c1-17-8-7-9-22(18(17)2)27-19(3)23(26)24-16-20-10-12-21(13-11-20)25-14-5-4-6-15-25/h7-13,19H,4-6,14-16H2,1-3H3,(H,24,26)/t19-/m0/s1. The second-order valence-electron chi connectivity index (χ2n) is 7.39. The summed E-state index contributed by atoms with van der Waals surface area (Å²) in [5, 5.41) is 2.97. The van der Waals surface area contributed by atoms with E-state index in [9.17, 15) is 4.79 Å². The third kappa shape index (κ3) is 5.03. The van der Waals surface area contributed by atoms with Gasteiger partial charge in [0.15, 0.2) is 6.10 Å². The summed E-state index contributed by atoms with van der Waals surface area (Å²) < 4.78 is 5.86. The molecule has 0 aromatic heterocycles. The number of nitrogens with one attached hydrogen (secondary N) is 1. The van der Waals surface area contributed by atoms with Gasteiger partial charge in [0.1, 0.15) is 5.75 Å². The second-order valence-corrected chi connectivity index (χ2v) is 7.39. The fraction of sp³-hybridized carbons (Fsp3) is 0.435. The highest BCUT2D eigenvalue weighted by atomic mass is 16.5. The number of rotatable bonds is 6. The monoisotopic (exact) mass is 366 g/mol. The molecule has 1 atom stereocenters. The zero-order chi connectivity index (χ0) is 19.2. The molecule has 1 aliphatic rings. The van der Waals surface area contributed by atoms with Crippen LogP contribution in [0.4, 0.5) is 5.69 Å². The molecular weight excluding hydrogens is 336 g/mol. The Morgan fingerprint density at radius 3 is 2.48 bits per heavy atom. The van der Waals surface area contributed by atoms with Gasteiger partial charge < -0.3 is 15.0 Å². The molecular formula is C23H30N2O2. The van der Waals surface area contributed by atoms with Crippen molar-refractivity contribution in [3.8, 4) is 5.75 Å². The lowest BCUT2D eigenvalue weighted by molar-refractivity contribution is -0.127. The number of anilines is 1. The van der Waals surface area contributed by atoms with Gasteiger partial charge in [-0.2, -0.15) is 0 Å². The summed E-state index contributed by atoms with van der Waals surface area (Å²) in [7, 11) is 0. The van der Waals surface area contributed by atoms with Gasteiger partial charge in [-0.05, 0) is 74.9 Å². The lowest BCUT2D eigenvalue weighted by atomic mass is 10.1. The molecule has 4 nitrogen and oxygen atoms in total. The van der Waals surface area contributed by atoms with Gasteiger partial charge in [-0.15, -0.1) is 0 Å². The van der Waals surface area contributed by atoms with Gasteiger partial charge >= 0.3 is 0 Å². The van der Waals surface area contributed by atoms with Crippen LogP contribution in [0.25, 0.3) is 0 Å². The van der Waals surface area contributed by atoms with Gasteiger partial charge in [0.05, 0.1) is 0 Å². The van der Waals surface area contributed by atoms with Gasteiger partial charge in [-0.1, -0.05) is 24.3 Å². The Kier molecular flexibility index (Phi) is 6.38. The minimum absolute atomic E-state index is 0.101. The summed E-state index contributed by atoms with van der Waals surface area (Å²) >= 11 is 0. The second kappa shape index (κ2) is 8.94. The summed E-state index contributed by atoms with van der Waals surface area (Å²) in [5.74, 6) is 0.666. The number of piperidine rings is 1. The van der Waals surface area contributed by atoms with E-state index in [0.717, 1.165) is 35.5 Å². The van der Waals surface area contributed by atoms with Gasteiger partial charge in [0.25, 0.3) is 5.91 Å². The molecule has 3 rings (SSSR count). The van der Waals surface area contributed by atoms with Gasteiger partial charge in [-0.3, -0.25) is 4.79 Å². The first-order chi connectivity index (χ1) is 13.0. The van der Waals surface area contributed by atoms with E-state index in [1.807, 2.05) is 32.0 Å². The molecule has 1 fully saturated rings. The molecule has 1 heterocycles. The first-order valence-electron chi connectivity index (χ1n) is 9.89. The van der Waals surface area contributed by atoms with Crippen molar-refractivity contribution in [2.24, 2.45) is 0 Å². The molecule has 4 heteroatoms. The van der Waals surface area contributed by atoms with E-state index in [2.05, 4.69) is 34.5 Å². The molecule has 1 N–H and O–H groups in total.